The first-order valence-electron chi connectivity index (χ1n) is 29.2. The lowest BCUT2D eigenvalue weighted by molar-refractivity contribution is -0.167. The van der Waals surface area contributed by atoms with E-state index in [1.165, 1.54) is 180 Å². The molecule has 0 heterocycles. The van der Waals surface area contributed by atoms with Gasteiger partial charge in [-0.15, -0.1) is 0 Å². The Labute approximate surface area is 416 Å². The molecule has 6 heteroatoms. The molecule has 390 valence electrons. The molecule has 0 aromatic rings. The molecule has 67 heavy (non-hydrogen) atoms. The summed E-state index contributed by atoms with van der Waals surface area (Å²) < 4.78 is 16.9. The van der Waals surface area contributed by atoms with Crippen molar-refractivity contribution in [1.29, 1.82) is 0 Å². The van der Waals surface area contributed by atoms with E-state index < -0.39 is 6.10 Å². The SMILES string of the molecule is CC/C=C\C/C=C\CCCCCCCC(=O)OCC(COC(=O)CCCCCCCCCCCC/C=C\C=C/CCCCC)OC(=O)CCCCCCCCCCCCCCCCCCCC. The summed E-state index contributed by atoms with van der Waals surface area (Å²) >= 11 is 0. The van der Waals surface area contributed by atoms with E-state index in [9.17, 15) is 14.4 Å². The molecule has 0 aliphatic rings. The number of ether oxygens (including phenoxy) is 3. The first-order valence-corrected chi connectivity index (χ1v) is 29.2. The molecule has 0 N–H and O–H groups in total. The molecule has 0 aliphatic heterocycles. The molecule has 0 spiro atoms. The molecule has 0 amide bonds. The third-order valence-corrected chi connectivity index (χ3v) is 12.8. The molecule has 0 saturated heterocycles. The van der Waals surface area contributed by atoms with Gasteiger partial charge in [-0.05, 0) is 70.6 Å². The quantitative estimate of drug-likeness (QED) is 0.0199. The fourth-order valence-corrected chi connectivity index (χ4v) is 8.47. The van der Waals surface area contributed by atoms with Crippen LogP contribution >= 0.6 is 0 Å². The fraction of sp³-hybridized carbons (Fsp3) is 0.820. The highest BCUT2D eigenvalue weighted by Gasteiger charge is 2.19. The Morgan fingerprint density at radius 1 is 0.328 bits per heavy atom. The summed E-state index contributed by atoms with van der Waals surface area (Å²) in [5, 5.41) is 0. The second-order valence-electron chi connectivity index (χ2n) is 19.6. The van der Waals surface area contributed by atoms with Crippen LogP contribution in [0, 0.1) is 0 Å². The second kappa shape index (κ2) is 56.0. The predicted octanol–water partition coefficient (Wildman–Crippen LogP) is 19.4. The van der Waals surface area contributed by atoms with E-state index in [0.717, 1.165) is 83.5 Å². The van der Waals surface area contributed by atoms with Gasteiger partial charge >= 0.3 is 17.9 Å². The van der Waals surface area contributed by atoms with Crippen molar-refractivity contribution in [2.45, 2.75) is 309 Å². The molecule has 0 aliphatic carbocycles. The molecular weight excluding hydrogens is 829 g/mol. The first-order chi connectivity index (χ1) is 33.0. The van der Waals surface area contributed by atoms with Crippen LogP contribution in [0.1, 0.15) is 303 Å². The Balaban J connectivity index is 4.32. The van der Waals surface area contributed by atoms with Gasteiger partial charge < -0.3 is 14.2 Å². The van der Waals surface area contributed by atoms with Crippen LogP contribution in [0.5, 0.6) is 0 Å². The van der Waals surface area contributed by atoms with Gasteiger partial charge in [0.15, 0.2) is 6.10 Å². The van der Waals surface area contributed by atoms with Gasteiger partial charge in [-0.3, -0.25) is 14.4 Å². The van der Waals surface area contributed by atoms with Gasteiger partial charge in [0.25, 0.3) is 0 Å². The van der Waals surface area contributed by atoms with E-state index in [2.05, 4.69) is 69.4 Å². The predicted molar refractivity (Wildman–Crippen MR) is 289 cm³/mol. The summed E-state index contributed by atoms with van der Waals surface area (Å²) in [4.78, 5) is 38.1. The Morgan fingerprint density at radius 2 is 0.627 bits per heavy atom. The number of hydrogen-bond acceptors (Lipinski definition) is 6. The minimum atomic E-state index is -0.778. The Bertz CT molecular complexity index is 1170. The van der Waals surface area contributed by atoms with Crippen molar-refractivity contribution in [1.82, 2.24) is 0 Å². The van der Waals surface area contributed by atoms with Crippen LogP contribution in [0.4, 0.5) is 0 Å². The summed E-state index contributed by atoms with van der Waals surface area (Å²) in [5.41, 5.74) is 0. The van der Waals surface area contributed by atoms with Gasteiger partial charge in [0.05, 0.1) is 0 Å². The van der Waals surface area contributed by atoms with Crippen LogP contribution in [0.15, 0.2) is 48.6 Å². The highest BCUT2D eigenvalue weighted by molar-refractivity contribution is 5.71. The van der Waals surface area contributed by atoms with Crippen molar-refractivity contribution < 1.29 is 28.6 Å². The minimum absolute atomic E-state index is 0.0766. The van der Waals surface area contributed by atoms with Crippen molar-refractivity contribution in [3.05, 3.63) is 48.6 Å². The van der Waals surface area contributed by atoms with Gasteiger partial charge in [-0.2, -0.15) is 0 Å². The number of allylic oxidation sites excluding steroid dienone is 8. The third kappa shape index (κ3) is 54.2. The zero-order valence-electron chi connectivity index (χ0n) is 44.7. The maximum Gasteiger partial charge on any atom is 0.306 e. The van der Waals surface area contributed by atoms with E-state index in [4.69, 9.17) is 14.2 Å². The van der Waals surface area contributed by atoms with E-state index in [0.29, 0.717) is 19.3 Å². The zero-order chi connectivity index (χ0) is 48.6. The maximum absolute atomic E-state index is 12.9. The average molecular weight is 940 g/mol. The third-order valence-electron chi connectivity index (χ3n) is 12.8. The van der Waals surface area contributed by atoms with E-state index in [1.807, 2.05) is 0 Å². The van der Waals surface area contributed by atoms with E-state index in [-0.39, 0.29) is 31.1 Å². The lowest BCUT2D eigenvalue weighted by atomic mass is 10.0. The number of esters is 3. The summed E-state index contributed by atoms with van der Waals surface area (Å²) in [6.07, 6.45) is 68.2. The number of unbranched alkanes of at least 4 members (excludes halogenated alkanes) is 35. The van der Waals surface area contributed by atoms with Crippen LogP contribution in [0.2, 0.25) is 0 Å². The van der Waals surface area contributed by atoms with Crippen molar-refractivity contribution in [2.24, 2.45) is 0 Å². The smallest absolute Gasteiger partial charge is 0.306 e. The number of rotatable bonds is 53. The highest BCUT2D eigenvalue weighted by atomic mass is 16.6. The molecule has 6 nitrogen and oxygen atoms in total. The largest absolute Gasteiger partial charge is 0.462 e. The number of carbonyl (C=O) groups excluding carboxylic acids is 3. The molecular formula is C61H110O6. The van der Waals surface area contributed by atoms with Crippen molar-refractivity contribution in [2.75, 3.05) is 13.2 Å². The fourth-order valence-electron chi connectivity index (χ4n) is 8.47. The normalized spacial score (nSPS) is 12.3. The molecule has 0 aromatic heterocycles. The van der Waals surface area contributed by atoms with Gasteiger partial charge in [0.1, 0.15) is 13.2 Å². The second-order valence-corrected chi connectivity index (χ2v) is 19.6. The van der Waals surface area contributed by atoms with Gasteiger partial charge in [-0.25, -0.2) is 0 Å². The number of carbonyl (C=O) groups is 3. The van der Waals surface area contributed by atoms with E-state index in [1.54, 1.807) is 0 Å². The van der Waals surface area contributed by atoms with Crippen molar-refractivity contribution >= 4 is 17.9 Å². The molecule has 0 rings (SSSR count). The van der Waals surface area contributed by atoms with Gasteiger partial charge in [0, 0.05) is 19.3 Å². The minimum Gasteiger partial charge on any atom is -0.462 e. The topological polar surface area (TPSA) is 78.9 Å². The molecule has 1 unspecified atom stereocenters. The van der Waals surface area contributed by atoms with Crippen molar-refractivity contribution in [3.8, 4) is 0 Å². The molecule has 0 aromatic carbocycles. The molecule has 0 radical (unpaired) electrons. The van der Waals surface area contributed by atoms with Crippen LogP contribution in [-0.2, 0) is 28.6 Å². The number of hydrogen-bond donors (Lipinski definition) is 0. The highest BCUT2D eigenvalue weighted by Crippen LogP contribution is 2.17. The first kappa shape index (κ1) is 64.4. The van der Waals surface area contributed by atoms with Gasteiger partial charge in [0.2, 0.25) is 0 Å². The Morgan fingerprint density at radius 3 is 1.01 bits per heavy atom. The van der Waals surface area contributed by atoms with Crippen molar-refractivity contribution in [3.63, 3.8) is 0 Å². The molecule has 0 bridgehead atoms. The standard InChI is InChI=1S/C61H110O6/c1-4-7-10-13-16-19-22-25-27-29-31-33-34-36-39-42-45-48-51-54-60(63)66-57-58(56-65-59(62)53-50-47-44-41-38-24-21-18-15-12-9-6-3)67-61(64)55-52-49-46-43-40-37-35-32-30-28-26-23-20-17-14-11-8-5-2/h9,12,16,18-19,21-22,25,58H,4-8,10-11,13-15,17,20,23-24,26-57H2,1-3H3/b12-9-,19-16-,21-18-,25-22-. The van der Waals surface area contributed by atoms with Crippen LogP contribution in [0.3, 0.4) is 0 Å². The zero-order valence-corrected chi connectivity index (χ0v) is 44.7. The van der Waals surface area contributed by atoms with Crippen LogP contribution < -0.4 is 0 Å². The molecule has 0 saturated carbocycles. The molecule has 0 fully saturated rings. The van der Waals surface area contributed by atoms with Gasteiger partial charge in [-0.1, -0.05) is 262 Å². The summed E-state index contributed by atoms with van der Waals surface area (Å²) in [6, 6.07) is 0. The Kier molecular flexibility index (Phi) is 53.8. The maximum atomic E-state index is 12.9. The summed E-state index contributed by atoms with van der Waals surface area (Å²) in [7, 11) is 0. The van der Waals surface area contributed by atoms with Crippen LogP contribution in [0.25, 0.3) is 0 Å². The lowest BCUT2D eigenvalue weighted by Gasteiger charge is -2.18. The summed E-state index contributed by atoms with van der Waals surface area (Å²) in [6.45, 7) is 6.53. The average Bonchev–Trinajstić information content (AvgIpc) is 3.33. The van der Waals surface area contributed by atoms with Crippen LogP contribution in [-0.4, -0.2) is 37.2 Å². The molecule has 1 atom stereocenters. The Hall–Kier alpha value is -2.63. The lowest BCUT2D eigenvalue weighted by Crippen LogP contribution is -2.30. The summed E-state index contributed by atoms with van der Waals surface area (Å²) in [5.74, 6) is -0.879. The van der Waals surface area contributed by atoms with E-state index >= 15 is 0 Å². The monoisotopic (exact) mass is 939 g/mol.